The van der Waals surface area contributed by atoms with Crippen molar-refractivity contribution in [3.05, 3.63) is 122 Å². The molecule has 0 amide bonds. The highest BCUT2D eigenvalue weighted by molar-refractivity contribution is 5.57. The Labute approximate surface area is 786 Å². The van der Waals surface area contributed by atoms with Gasteiger partial charge in [0.2, 0.25) is 23.3 Å². The lowest BCUT2D eigenvalue weighted by Crippen LogP contribution is -2.26. The van der Waals surface area contributed by atoms with Crippen LogP contribution in [0.25, 0.3) is 6.08 Å². The van der Waals surface area contributed by atoms with E-state index in [1.807, 2.05) is 13.8 Å². The standard InChI is InChI=1S/C28H44F2O2.C28H44F2O.C28H42F2O.C17H30O.C9H10F2O.C4H8O.CH4/c1-4-6-7-8-20-9-13-22(14-10-20)23-15-11-21(12-16-23)18-24(31)26-19(3)17-25(32-5-2)27(29)28(26)30;2*1-4-6-7-8-21-9-14-23(15-10-21)24-16-11-22(12-17-24)13-18-25-20(3)19-26(31-5-2)28(30)27(25)29;1-2-3-14-4-8-16(9-5-14)17-10-6-15(7-11-17)12-13-18;1-3-12-8-5-6(2)4-7(10)9(8)11;1-2-4-5-3-1;/h17,20-24,31H,4-16,18H2,1-3H3;19,21-24H,4-18H2,1-3H3;13,18-19,21-24H,4-12,14-17H2,1-3H3;13-17H,2-12H2,1H3;4-5H,3H2,1-2H3;1-4H2;1H4/b;;18-13+;;;;. The first-order chi connectivity index (χ1) is 62.5. The van der Waals surface area contributed by atoms with E-state index in [1.54, 1.807) is 59.8 Å². The maximum absolute atomic E-state index is 14.7. The molecule has 8 aliphatic carbocycles. The monoisotopic (exact) mass is 1830 g/mol. The third-order valence-electron chi connectivity index (χ3n) is 32.2. The average Bonchev–Trinajstić information content (AvgIpc) is 0.872. The summed E-state index contributed by atoms with van der Waals surface area (Å²) in [5.74, 6) is 6.66. The summed E-state index contributed by atoms with van der Waals surface area (Å²) in [6.07, 6.45) is 72.5. The number of aryl methyl sites for hydroxylation is 4. The lowest BCUT2D eigenvalue weighted by Gasteiger charge is -2.38. The van der Waals surface area contributed by atoms with Crippen molar-refractivity contribution in [3.8, 4) is 23.0 Å². The van der Waals surface area contributed by atoms with Gasteiger partial charge in [-0.2, -0.15) is 17.6 Å². The van der Waals surface area contributed by atoms with Crippen LogP contribution in [0.5, 0.6) is 23.0 Å². The molecule has 4 aromatic rings. The Morgan fingerprint density at radius 2 is 0.700 bits per heavy atom. The highest BCUT2D eigenvalue weighted by Gasteiger charge is 2.37. The predicted molar refractivity (Wildman–Crippen MR) is 524 cm³/mol. The Morgan fingerprint density at radius 1 is 0.362 bits per heavy atom. The van der Waals surface area contributed by atoms with Gasteiger partial charge < -0.3 is 33.6 Å². The largest absolute Gasteiger partial charge is 0.491 e. The number of unbranched alkanes of at least 4 members (excludes halogenated alkanes) is 6. The van der Waals surface area contributed by atoms with E-state index >= 15 is 0 Å². The number of aliphatic hydroxyl groups is 1. The molecule has 9 aliphatic rings. The molecule has 0 spiro atoms. The second-order valence-electron chi connectivity index (χ2n) is 41.3. The molecule has 4 aromatic carbocycles. The number of carbonyl (C=O) groups excluding carboxylic acids is 1. The summed E-state index contributed by atoms with van der Waals surface area (Å²) in [6, 6.07) is 7.39. The van der Waals surface area contributed by atoms with Crippen LogP contribution in [0.1, 0.15) is 435 Å². The summed E-state index contributed by atoms with van der Waals surface area (Å²) in [5.41, 5.74) is 3.76. The van der Waals surface area contributed by atoms with E-state index in [0.717, 1.165) is 139 Å². The summed E-state index contributed by atoms with van der Waals surface area (Å²) in [5, 5.41) is 10.8. The number of allylic oxidation sites excluding steroid dienone is 1. The first kappa shape index (κ1) is 112. The van der Waals surface area contributed by atoms with Gasteiger partial charge in [0, 0.05) is 30.8 Å². The van der Waals surface area contributed by atoms with Gasteiger partial charge in [-0.1, -0.05) is 214 Å². The molecule has 130 heavy (non-hydrogen) atoms. The number of rotatable bonds is 36. The van der Waals surface area contributed by atoms with Crippen LogP contribution in [0.15, 0.2) is 36.4 Å². The molecule has 1 aliphatic heterocycles. The van der Waals surface area contributed by atoms with Crippen molar-refractivity contribution in [1.29, 1.82) is 0 Å². The highest BCUT2D eigenvalue weighted by Crippen LogP contribution is 2.49. The molecular weight excluding hydrogens is 1650 g/mol. The van der Waals surface area contributed by atoms with E-state index in [-0.39, 0.29) is 42.6 Å². The molecular formula is C115H182F8O7. The summed E-state index contributed by atoms with van der Waals surface area (Å²) < 4.78 is 138. The molecule has 740 valence electrons. The lowest BCUT2D eigenvalue weighted by atomic mass is 9.68. The van der Waals surface area contributed by atoms with Crippen molar-refractivity contribution in [1.82, 2.24) is 0 Å². The first-order valence-corrected chi connectivity index (χ1v) is 53.3. The van der Waals surface area contributed by atoms with Gasteiger partial charge in [-0.15, -0.1) is 0 Å². The zero-order valence-electron chi connectivity index (χ0n) is 82.9. The summed E-state index contributed by atoms with van der Waals surface area (Å²) in [6.45, 7) is 26.6. The predicted octanol–water partition coefficient (Wildman–Crippen LogP) is 35.1. The zero-order chi connectivity index (χ0) is 93.0. The molecule has 1 atom stereocenters. The Balaban J connectivity index is 0.000000225. The van der Waals surface area contributed by atoms with Crippen LogP contribution in [0.2, 0.25) is 0 Å². The number of aldehydes is 1. The topological polar surface area (TPSA) is 83.5 Å². The molecule has 1 unspecified atom stereocenters. The highest BCUT2D eigenvalue weighted by atomic mass is 19.2. The third-order valence-corrected chi connectivity index (χ3v) is 32.2. The van der Waals surface area contributed by atoms with E-state index < -0.39 is 52.6 Å². The van der Waals surface area contributed by atoms with Crippen LogP contribution in [-0.2, 0) is 16.0 Å². The molecule has 7 nitrogen and oxygen atoms in total. The normalized spacial score (nSPS) is 26.6. The molecule has 13 rings (SSSR count). The van der Waals surface area contributed by atoms with Gasteiger partial charge in [-0.25, -0.2) is 17.6 Å². The molecule has 8 saturated carbocycles. The quantitative estimate of drug-likeness (QED) is 0.0276. The van der Waals surface area contributed by atoms with Crippen molar-refractivity contribution in [2.24, 2.45) is 94.7 Å². The maximum Gasteiger partial charge on any atom is 0.201 e. The fourth-order valence-corrected chi connectivity index (χ4v) is 24.3. The Hall–Kier alpha value is -5.15. The minimum Gasteiger partial charge on any atom is -0.491 e. The van der Waals surface area contributed by atoms with Gasteiger partial charge in [-0.3, -0.25) is 0 Å². The zero-order valence-corrected chi connectivity index (χ0v) is 82.9. The second kappa shape index (κ2) is 61.8. The SMILES string of the molecule is C.C1CCOC1.CCCC1CCC(C2CCC(CC=O)CC2)CC1.CCCCCC1CCC(C2CCC(/C=C/c3c(C)cc(OCC)c(F)c3F)CC2)CC1.CCCCCC1CCC(C2CCC(CC(O)c3c(C)cc(OCC)c(F)c3F)CC2)CC1.CCCCCC1CCC(C2CCC(CCc3c(C)cc(OCC)c(F)c3F)CC2)CC1.CCOc1cc(C)cc(F)c1F. The van der Waals surface area contributed by atoms with Crippen LogP contribution in [0.3, 0.4) is 0 Å². The van der Waals surface area contributed by atoms with E-state index in [0.29, 0.717) is 72.7 Å². The Bertz CT molecular complexity index is 3750. The number of carbonyl (C=O) groups is 1. The Morgan fingerprint density at radius 3 is 1.07 bits per heavy atom. The van der Waals surface area contributed by atoms with Gasteiger partial charge in [0.25, 0.3) is 0 Å². The minimum atomic E-state index is -0.986. The van der Waals surface area contributed by atoms with Crippen LogP contribution in [-0.4, -0.2) is 51.0 Å². The van der Waals surface area contributed by atoms with Crippen LogP contribution in [0.4, 0.5) is 35.1 Å². The van der Waals surface area contributed by atoms with Crippen molar-refractivity contribution < 1.29 is 68.7 Å². The molecule has 1 heterocycles. The molecule has 0 aromatic heterocycles. The fraction of sp³-hybridized carbons (Fsp3) is 0.765. The second-order valence-corrected chi connectivity index (χ2v) is 41.3. The van der Waals surface area contributed by atoms with Crippen molar-refractivity contribution in [2.75, 3.05) is 39.6 Å². The van der Waals surface area contributed by atoms with Crippen molar-refractivity contribution >= 4 is 12.4 Å². The van der Waals surface area contributed by atoms with Gasteiger partial charge in [0.15, 0.2) is 46.3 Å². The Kier molecular flexibility index (Phi) is 53.2. The molecule has 1 saturated heterocycles. The molecule has 9 fully saturated rings. The summed E-state index contributed by atoms with van der Waals surface area (Å²) in [4.78, 5) is 10.6. The number of benzene rings is 4. The molecule has 15 heteroatoms. The molecule has 0 radical (unpaired) electrons. The lowest BCUT2D eigenvalue weighted by molar-refractivity contribution is -0.108. The number of hydrogen-bond donors (Lipinski definition) is 1. The van der Waals surface area contributed by atoms with Crippen LogP contribution in [0, 0.1) is 169 Å². The van der Waals surface area contributed by atoms with Crippen molar-refractivity contribution in [2.45, 2.75) is 430 Å². The first-order valence-electron chi connectivity index (χ1n) is 53.3. The van der Waals surface area contributed by atoms with Crippen molar-refractivity contribution in [3.63, 3.8) is 0 Å². The van der Waals surface area contributed by atoms with E-state index in [2.05, 4.69) is 33.8 Å². The van der Waals surface area contributed by atoms with Crippen LogP contribution >= 0.6 is 0 Å². The van der Waals surface area contributed by atoms with E-state index in [1.165, 1.54) is 307 Å². The van der Waals surface area contributed by atoms with Crippen LogP contribution < -0.4 is 18.9 Å². The smallest absolute Gasteiger partial charge is 0.201 e. The number of hydrogen-bond acceptors (Lipinski definition) is 7. The van der Waals surface area contributed by atoms with Gasteiger partial charge in [-0.05, 0) is 369 Å². The van der Waals surface area contributed by atoms with Gasteiger partial charge >= 0.3 is 0 Å². The average molecular weight is 1830 g/mol. The number of halogens is 8. The third kappa shape index (κ3) is 36.7. The van der Waals surface area contributed by atoms with E-state index in [4.69, 9.17) is 23.7 Å². The number of aliphatic hydroxyl groups excluding tert-OH is 1. The summed E-state index contributed by atoms with van der Waals surface area (Å²) in [7, 11) is 0. The van der Waals surface area contributed by atoms with E-state index in [9.17, 15) is 45.0 Å². The number of ether oxygens (including phenoxy) is 5. The van der Waals surface area contributed by atoms with Gasteiger partial charge in [0.05, 0.1) is 32.5 Å². The fourth-order valence-electron chi connectivity index (χ4n) is 24.3. The summed E-state index contributed by atoms with van der Waals surface area (Å²) >= 11 is 0. The van der Waals surface area contributed by atoms with Gasteiger partial charge in [0.1, 0.15) is 6.29 Å². The maximum atomic E-state index is 14.7. The molecule has 0 bridgehead atoms. The minimum absolute atomic E-state index is 0. The molecule has 1 N–H and O–H groups in total.